The van der Waals surface area contributed by atoms with E-state index < -0.39 is 0 Å². The van der Waals surface area contributed by atoms with Gasteiger partial charge in [0, 0.05) is 25.3 Å². The van der Waals surface area contributed by atoms with Crippen LogP contribution in [0.1, 0.15) is 29.7 Å². The van der Waals surface area contributed by atoms with Gasteiger partial charge in [-0.2, -0.15) is 9.97 Å². The van der Waals surface area contributed by atoms with Crippen LogP contribution in [0.25, 0.3) is 11.0 Å². The molecular formula is C18H26N6O. The molecule has 0 atom stereocenters. The van der Waals surface area contributed by atoms with Crippen molar-refractivity contribution in [2.24, 2.45) is 0 Å². The van der Waals surface area contributed by atoms with Gasteiger partial charge < -0.3 is 15.8 Å². The van der Waals surface area contributed by atoms with E-state index in [9.17, 15) is 0 Å². The Morgan fingerprint density at radius 1 is 1.16 bits per heavy atom. The zero-order chi connectivity index (χ0) is 17.2. The molecule has 1 fully saturated rings. The molecule has 0 spiro atoms. The number of nitrogens with zero attached hydrogens (tertiary/aromatic N) is 4. The SMILES string of the molecule is Cc1c2c(nc3nc(NCCCN4CCOCC4)nc(N)c13)CCC2. The molecule has 7 nitrogen and oxygen atoms in total. The number of nitrogens with two attached hydrogens (primary N) is 1. The molecule has 4 rings (SSSR count). The molecule has 3 N–H and O–H groups in total. The Morgan fingerprint density at radius 2 is 2.00 bits per heavy atom. The number of rotatable bonds is 5. The third kappa shape index (κ3) is 3.39. The minimum atomic E-state index is 0.528. The summed E-state index contributed by atoms with van der Waals surface area (Å²) in [7, 11) is 0. The van der Waals surface area contributed by atoms with E-state index in [2.05, 4.69) is 27.1 Å². The molecule has 0 saturated carbocycles. The van der Waals surface area contributed by atoms with Gasteiger partial charge in [-0.1, -0.05) is 0 Å². The van der Waals surface area contributed by atoms with E-state index in [4.69, 9.17) is 15.5 Å². The number of pyridine rings is 1. The van der Waals surface area contributed by atoms with Crippen molar-refractivity contribution in [3.8, 4) is 0 Å². The zero-order valence-electron chi connectivity index (χ0n) is 14.8. The molecular weight excluding hydrogens is 316 g/mol. The normalized spacial score (nSPS) is 17.8. The van der Waals surface area contributed by atoms with Gasteiger partial charge in [0.15, 0.2) is 5.65 Å². The van der Waals surface area contributed by atoms with Crippen LogP contribution in [-0.4, -0.2) is 59.2 Å². The summed E-state index contributed by atoms with van der Waals surface area (Å²) >= 11 is 0. The molecule has 1 aliphatic carbocycles. The molecule has 0 aromatic carbocycles. The molecule has 7 heteroatoms. The van der Waals surface area contributed by atoms with Gasteiger partial charge in [0.2, 0.25) is 5.95 Å². The standard InChI is InChI=1S/C18H26N6O/c1-12-13-4-2-5-14(13)21-17-15(12)16(19)22-18(23-17)20-6-3-7-24-8-10-25-11-9-24/h2-11H2,1H3,(H3,19,20,21,22,23). The Labute approximate surface area is 148 Å². The van der Waals surface area contributed by atoms with Gasteiger partial charge in [-0.05, 0) is 50.3 Å². The van der Waals surface area contributed by atoms with Crippen molar-refractivity contribution in [3.63, 3.8) is 0 Å². The predicted octanol–water partition coefficient (Wildman–Crippen LogP) is 1.54. The lowest BCUT2D eigenvalue weighted by atomic mass is 10.1. The average molecular weight is 342 g/mol. The number of hydrogen-bond donors (Lipinski definition) is 2. The highest BCUT2D eigenvalue weighted by molar-refractivity contribution is 5.90. The van der Waals surface area contributed by atoms with Crippen LogP contribution in [0.15, 0.2) is 0 Å². The van der Waals surface area contributed by atoms with Gasteiger partial charge in [-0.25, -0.2) is 4.98 Å². The van der Waals surface area contributed by atoms with Crippen LogP contribution in [0, 0.1) is 6.92 Å². The first-order chi connectivity index (χ1) is 12.2. The Bertz CT molecular complexity index is 772. The third-order valence-electron chi connectivity index (χ3n) is 5.21. The van der Waals surface area contributed by atoms with E-state index in [1.165, 1.54) is 23.2 Å². The number of aromatic nitrogens is 3. The Balaban J connectivity index is 1.44. The van der Waals surface area contributed by atoms with Crippen LogP contribution >= 0.6 is 0 Å². The number of nitrogen functional groups attached to an aromatic ring is 1. The van der Waals surface area contributed by atoms with E-state index in [1.54, 1.807) is 0 Å². The molecule has 2 aromatic heterocycles. The van der Waals surface area contributed by atoms with Crippen molar-refractivity contribution < 1.29 is 4.74 Å². The summed E-state index contributed by atoms with van der Waals surface area (Å²) in [4.78, 5) is 16.2. The van der Waals surface area contributed by atoms with E-state index >= 15 is 0 Å². The summed E-state index contributed by atoms with van der Waals surface area (Å²) in [5, 5.41) is 4.22. The lowest BCUT2D eigenvalue weighted by Crippen LogP contribution is -2.37. The lowest BCUT2D eigenvalue weighted by molar-refractivity contribution is 0.0378. The summed E-state index contributed by atoms with van der Waals surface area (Å²) in [6, 6.07) is 0. The van der Waals surface area contributed by atoms with Gasteiger partial charge in [0.1, 0.15) is 5.82 Å². The van der Waals surface area contributed by atoms with Crippen molar-refractivity contribution in [2.45, 2.75) is 32.6 Å². The van der Waals surface area contributed by atoms with Gasteiger partial charge >= 0.3 is 0 Å². The van der Waals surface area contributed by atoms with Crippen molar-refractivity contribution in [1.82, 2.24) is 19.9 Å². The zero-order valence-corrected chi connectivity index (χ0v) is 14.8. The van der Waals surface area contributed by atoms with Gasteiger partial charge in [-0.3, -0.25) is 4.90 Å². The first-order valence-corrected chi connectivity index (χ1v) is 9.22. The van der Waals surface area contributed by atoms with Crippen molar-refractivity contribution in [3.05, 3.63) is 16.8 Å². The highest BCUT2D eigenvalue weighted by Gasteiger charge is 2.20. The van der Waals surface area contributed by atoms with E-state index in [1.807, 2.05) is 0 Å². The molecule has 3 heterocycles. The molecule has 25 heavy (non-hydrogen) atoms. The molecule has 1 saturated heterocycles. The molecule has 0 amide bonds. The average Bonchev–Trinajstić information content (AvgIpc) is 3.08. The fraction of sp³-hybridized carbons (Fsp3) is 0.611. The summed E-state index contributed by atoms with van der Waals surface area (Å²) in [5.41, 5.74) is 10.7. The van der Waals surface area contributed by atoms with E-state index in [0.717, 1.165) is 69.7 Å². The van der Waals surface area contributed by atoms with E-state index in [0.29, 0.717) is 11.8 Å². The predicted molar refractivity (Wildman–Crippen MR) is 98.9 cm³/mol. The van der Waals surface area contributed by atoms with Gasteiger partial charge in [0.25, 0.3) is 0 Å². The van der Waals surface area contributed by atoms with Crippen LogP contribution < -0.4 is 11.1 Å². The van der Waals surface area contributed by atoms with Crippen molar-refractivity contribution in [1.29, 1.82) is 0 Å². The van der Waals surface area contributed by atoms with Gasteiger partial charge in [0.05, 0.1) is 18.6 Å². The summed E-state index contributed by atoms with van der Waals surface area (Å²) < 4.78 is 5.37. The number of ether oxygens (including phenoxy) is 1. The fourth-order valence-corrected chi connectivity index (χ4v) is 3.85. The van der Waals surface area contributed by atoms with Crippen LogP contribution in [0.2, 0.25) is 0 Å². The largest absolute Gasteiger partial charge is 0.383 e. The number of fused-ring (bicyclic) bond motifs is 2. The monoisotopic (exact) mass is 342 g/mol. The number of hydrogen-bond acceptors (Lipinski definition) is 7. The molecule has 2 aromatic rings. The van der Waals surface area contributed by atoms with Crippen LogP contribution in [0.4, 0.5) is 11.8 Å². The minimum absolute atomic E-state index is 0.528. The minimum Gasteiger partial charge on any atom is -0.383 e. The Kier molecular flexibility index (Phi) is 4.67. The molecule has 134 valence electrons. The van der Waals surface area contributed by atoms with Crippen LogP contribution in [-0.2, 0) is 17.6 Å². The Hall–Kier alpha value is -1.99. The maximum Gasteiger partial charge on any atom is 0.226 e. The maximum atomic E-state index is 6.22. The van der Waals surface area contributed by atoms with Crippen LogP contribution in [0.3, 0.4) is 0 Å². The fourth-order valence-electron chi connectivity index (χ4n) is 3.85. The van der Waals surface area contributed by atoms with Crippen molar-refractivity contribution >= 4 is 22.8 Å². The number of nitrogens with one attached hydrogen (secondary N) is 1. The van der Waals surface area contributed by atoms with E-state index in [-0.39, 0.29) is 0 Å². The Morgan fingerprint density at radius 3 is 2.84 bits per heavy atom. The highest BCUT2D eigenvalue weighted by atomic mass is 16.5. The summed E-state index contributed by atoms with van der Waals surface area (Å²) in [6.07, 6.45) is 4.33. The number of anilines is 2. The maximum absolute atomic E-state index is 6.22. The number of morpholine rings is 1. The third-order valence-corrected chi connectivity index (χ3v) is 5.21. The molecule has 0 bridgehead atoms. The summed E-state index contributed by atoms with van der Waals surface area (Å²) in [6.45, 7) is 7.72. The van der Waals surface area contributed by atoms with Gasteiger partial charge in [-0.15, -0.1) is 0 Å². The van der Waals surface area contributed by atoms with Crippen LogP contribution in [0.5, 0.6) is 0 Å². The topological polar surface area (TPSA) is 89.2 Å². The molecule has 0 radical (unpaired) electrons. The second-order valence-corrected chi connectivity index (χ2v) is 6.88. The highest BCUT2D eigenvalue weighted by Crippen LogP contribution is 2.31. The quantitative estimate of drug-likeness (QED) is 0.797. The molecule has 0 unspecified atom stereocenters. The first kappa shape index (κ1) is 16.5. The summed E-state index contributed by atoms with van der Waals surface area (Å²) in [5.74, 6) is 1.11. The smallest absolute Gasteiger partial charge is 0.226 e. The lowest BCUT2D eigenvalue weighted by Gasteiger charge is -2.26. The first-order valence-electron chi connectivity index (χ1n) is 9.22. The van der Waals surface area contributed by atoms with Crippen molar-refractivity contribution in [2.75, 3.05) is 50.4 Å². The molecule has 1 aliphatic heterocycles. The second kappa shape index (κ2) is 7.09. The molecule has 2 aliphatic rings. The number of aryl methyl sites for hydroxylation is 2. The second-order valence-electron chi connectivity index (χ2n) is 6.88.